The van der Waals surface area contributed by atoms with Gasteiger partial charge in [-0.25, -0.2) is 4.39 Å². The Labute approximate surface area is 142 Å². The molecule has 0 fully saturated rings. The summed E-state index contributed by atoms with van der Waals surface area (Å²) >= 11 is 6.01. The van der Waals surface area contributed by atoms with Crippen LogP contribution in [0.3, 0.4) is 0 Å². The number of ether oxygens (including phenoxy) is 1. The molecule has 0 aliphatic rings. The van der Waals surface area contributed by atoms with Crippen molar-refractivity contribution < 1.29 is 21.5 Å². The average Bonchev–Trinajstić information content (AvgIpc) is 2.48. The third-order valence-corrected chi connectivity index (χ3v) is 3.40. The monoisotopic (exact) mass is 342 g/mol. The van der Waals surface area contributed by atoms with Crippen LogP contribution in [-0.2, 0) is 13.0 Å². The van der Waals surface area contributed by atoms with E-state index in [1.807, 2.05) is 37.3 Å². The van der Waals surface area contributed by atoms with Crippen molar-refractivity contribution in [2.75, 3.05) is 13.2 Å². The number of benzene rings is 2. The summed E-state index contributed by atoms with van der Waals surface area (Å²) in [5, 5.41) is 3.98. The maximum atomic E-state index is 13.5. The molecule has 0 spiro atoms. The van der Waals surface area contributed by atoms with E-state index < -0.39 is 0 Å². The van der Waals surface area contributed by atoms with Crippen molar-refractivity contribution in [1.29, 1.82) is 0 Å². The normalized spacial score (nSPS) is 10.1. The van der Waals surface area contributed by atoms with E-state index >= 15 is 0 Å². The van der Waals surface area contributed by atoms with Gasteiger partial charge in [-0.2, -0.15) is 0 Å². The van der Waals surface area contributed by atoms with Crippen LogP contribution in [0.25, 0.3) is 0 Å². The van der Waals surface area contributed by atoms with Gasteiger partial charge in [-0.3, -0.25) is 0 Å². The second-order valence-corrected chi connectivity index (χ2v) is 5.14. The SMILES string of the molecule is CCOc1ccc(Cl)cc1CNCCc1ccccc1F.[Cl-]. The summed E-state index contributed by atoms with van der Waals surface area (Å²) in [5.74, 6) is 0.678. The maximum Gasteiger partial charge on any atom is 0.126 e. The fourth-order valence-electron chi connectivity index (χ4n) is 2.13. The molecule has 0 amide bonds. The Kier molecular flexibility index (Phi) is 8.25. The van der Waals surface area contributed by atoms with Gasteiger partial charge < -0.3 is 22.5 Å². The van der Waals surface area contributed by atoms with E-state index in [1.54, 1.807) is 6.07 Å². The molecular formula is C17H19Cl2FNO-. The summed E-state index contributed by atoms with van der Waals surface area (Å²) in [6, 6.07) is 12.4. The van der Waals surface area contributed by atoms with E-state index in [1.165, 1.54) is 6.07 Å². The molecule has 0 saturated heterocycles. The van der Waals surface area contributed by atoms with Crippen LogP contribution in [-0.4, -0.2) is 13.2 Å². The van der Waals surface area contributed by atoms with Crippen molar-refractivity contribution in [3.05, 3.63) is 64.4 Å². The Bertz CT molecular complexity index is 593. The van der Waals surface area contributed by atoms with E-state index in [-0.39, 0.29) is 18.2 Å². The fourth-order valence-corrected chi connectivity index (χ4v) is 2.32. The molecule has 0 radical (unpaired) electrons. The predicted molar refractivity (Wildman–Crippen MR) is 84.4 cm³/mol. The molecule has 0 bridgehead atoms. The summed E-state index contributed by atoms with van der Waals surface area (Å²) in [6.07, 6.45) is 0.650. The second kappa shape index (κ2) is 9.67. The van der Waals surface area contributed by atoms with Gasteiger partial charge in [-0.05, 0) is 49.7 Å². The molecule has 0 aliphatic heterocycles. The smallest absolute Gasteiger partial charge is 0.126 e. The van der Waals surface area contributed by atoms with Gasteiger partial charge >= 0.3 is 0 Å². The number of halogens is 3. The van der Waals surface area contributed by atoms with Gasteiger partial charge in [0.15, 0.2) is 0 Å². The molecule has 2 aromatic rings. The van der Waals surface area contributed by atoms with E-state index in [2.05, 4.69) is 5.32 Å². The van der Waals surface area contributed by atoms with E-state index in [0.717, 1.165) is 16.9 Å². The standard InChI is InChI=1S/C17H19ClFNO.ClH/c1-2-21-17-8-7-15(18)11-14(17)12-20-10-9-13-5-3-4-6-16(13)19;/h3-8,11,20H,2,9-10,12H2,1H3;1H/p-1. The first-order valence-electron chi connectivity index (χ1n) is 7.06. The van der Waals surface area contributed by atoms with Crippen molar-refractivity contribution in [2.45, 2.75) is 19.9 Å². The van der Waals surface area contributed by atoms with Gasteiger partial charge in [0.05, 0.1) is 6.61 Å². The zero-order valence-corrected chi connectivity index (χ0v) is 13.9. The summed E-state index contributed by atoms with van der Waals surface area (Å²) in [4.78, 5) is 0. The third kappa shape index (κ3) is 5.48. The molecule has 0 unspecified atom stereocenters. The van der Waals surface area contributed by atoms with Gasteiger partial charge in [0.25, 0.3) is 0 Å². The van der Waals surface area contributed by atoms with Crippen molar-refractivity contribution in [2.24, 2.45) is 0 Å². The van der Waals surface area contributed by atoms with E-state index in [4.69, 9.17) is 16.3 Å². The lowest BCUT2D eigenvalue weighted by molar-refractivity contribution is -0.00000533. The molecule has 120 valence electrons. The Hall–Kier alpha value is -1.29. The van der Waals surface area contributed by atoms with Crippen molar-refractivity contribution >= 4 is 11.6 Å². The molecule has 0 heterocycles. The van der Waals surface area contributed by atoms with Gasteiger partial charge in [-0.1, -0.05) is 29.8 Å². The van der Waals surface area contributed by atoms with Crippen LogP contribution < -0.4 is 22.5 Å². The molecule has 0 saturated carbocycles. The average molecular weight is 343 g/mol. The predicted octanol–water partition coefficient (Wildman–Crippen LogP) is 1.21. The van der Waals surface area contributed by atoms with Crippen molar-refractivity contribution in [1.82, 2.24) is 5.32 Å². The van der Waals surface area contributed by atoms with Crippen molar-refractivity contribution in [3.63, 3.8) is 0 Å². The van der Waals surface area contributed by atoms with Crippen LogP contribution in [0, 0.1) is 5.82 Å². The molecule has 2 nitrogen and oxygen atoms in total. The summed E-state index contributed by atoms with van der Waals surface area (Å²) in [7, 11) is 0. The minimum atomic E-state index is -0.155. The fraction of sp³-hybridized carbons (Fsp3) is 0.294. The number of rotatable bonds is 7. The first-order chi connectivity index (χ1) is 10.2. The molecule has 2 aromatic carbocycles. The topological polar surface area (TPSA) is 21.3 Å². The lowest BCUT2D eigenvalue weighted by Crippen LogP contribution is -3.00. The lowest BCUT2D eigenvalue weighted by atomic mass is 10.1. The second-order valence-electron chi connectivity index (χ2n) is 4.70. The van der Waals surface area contributed by atoms with Crippen LogP contribution in [0.15, 0.2) is 42.5 Å². The summed E-state index contributed by atoms with van der Waals surface area (Å²) < 4.78 is 19.1. The van der Waals surface area contributed by atoms with Gasteiger partial charge in [0, 0.05) is 17.1 Å². The highest BCUT2D eigenvalue weighted by atomic mass is 35.5. The first-order valence-corrected chi connectivity index (χ1v) is 7.44. The van der Waals surface area contributed by atoms with E-state index in [9.17, 15) is 4.39 Å². The highest BCUT2D eigenvalue weighted by Crippen LogP contribution is 2.22. The third-order valence-electron chi connectivity index (χ3n) is 3.17. The molecule has 22 heavy (non-hydrogen) atoms. The minimum Gasteiger partial charge on any atom is -1.00 e. The molecule has 0 aliphatic carbocycles. The van der Waals surface area contributed by atoms with Crippen LogP contribution in [0.4, 0.5) is 4.39 Å². The maximum absolute atomic E-state index is 13.5. The van der Waals surface area contributed by atoms with Gasteiger partial charge in [-0.15, -0.1) is 0 Å². The van der Waals surface area contributed by atoms with Crippen LogP contribution in [0.2, 0.25) is 5.02 Å². The Morgan fingerprint density at radius 1 is 1.14 bits per heavy atom. The van der Waals surface area contributed by atoms with Crippen LogP contribution in [0.1, 0.15) is 18.1 Å². The molecular weight excluding hydrogens is 324 g/mol. The van der Waals surface area contributed by atoms with Gasteiger partial charge in [0.2, 0.25) is 0 Å². The molecule has 5 heteroatoms. The molecule has 0 atom stereocenters. The Morgan fingerprint density at radius 2 is 1.91 bits per heavy atom. The quantitative estimate of drug-likeness (QED) is 0.764. The van der Waals surface area contributed by atoms with E-state index in [0.29, 0.717) is 31.1 Å². The molecule has 1 N–H and O–H groups in total. The molecule has 2 rings (SSSR count). The number of hydrogen-bond acceptors (Lipinski definition) is 2. The summed E-state index contributed by atoms with van der Waals surface area (Å²) in [5.41, 5.74) is 1.74. The van der Waals surface area contributed by atoms with Crippen LogP contribution >= 0.6 is 11.6 Å². The minimum absolute atomic E-state index is 0. The lowest BCUT2D eigenvalue weighted by Gasteiger charge is -2.11. The highest BCUT2D eigenvalue weighted by Gasteiger charge is 2.05. The Balaban J connectivity index is 0.00000242. The number of nitrogens with one attached hydrogen (secondary N) is 1. The van der Waals surface area contributed by atoms with Crippen molar-refractivity contribution in [3.8, 4) is 5.75 Å². The zero-order valence-electron chi connectivity index (χ0n) is 12.4. The summed E-state index contributed by atoms with van der Waals surface area (Å²) in [6.45, 7) is 3.90. The van der Waals surface area contributed by atoms with Gasteiger partial charge in [0.1, 0.15) is 11.6 Å². The first kappa shape index (κ1) is 18.8. The van der Waals surface area contributed by atoms with Crippen LogP contribution in [0.5, 0.6) is 5.75 Å². The molecule has 0 aromatic heterocycles. The largest absolute Gasteiger partial charge is 1.00 e. The Morgan fingerprint density at radius 3 is 2.64 bits per heavy atom. The highest BCUT2D eigenvalue weighted by molar-refractivity contribution is 6.30. The zero-order chi connectivity index (χ0) is 15.1. The number of hydrogen-bond donors (Lipinski definition) is 1.